The van der Waals surface area contributed by atoms with Gasteiger partial charge in [-0.2, -0.15) is 0 Å². The second kappa shape index (κ2) is 9.37. The van der Waals surface area contributed by atoms with Crippen molar-refractivity contribution >= 4 is 44.0 Å². The fourth-order valence-corrected chi connectivity index (χ4v) is 7.20. The summed E-state index contributed by atoms with van der Waals surface area (Å²) in [6.07, 6.45) is 0. The number of para-hydroxylation sites is 1. The molecule has 1 nitrogen and oxygen atoms in total. The van der Waals surface area contributed by atoms with Gasteiger partial charge in [0, 0.05) is 36.9 Å². The molecule has 0 aliphatic carbocycles. The summed E-state index contributed by atoms with van der Waals surface area (Å²) in [5, 5.41) is 4.89. The van der Waals surface area contributed by atoms with Crippen molar-refractivity contribution in [2.75, 3.05) is 0 Å². The Balaban J connectivity index is 1.36. The first kappa shape index (κ1) is 23.0. The van der Waals surface area contributed by atoms with Crippen LogP contribution in [0.15, 0.2) is 150 Å². The van der Waals surface area contributed by atoms with Crippen LogP contribution in [-0.4, -0.2) is 0 Å². The molecule has 0 saturated carbocycles. The molecule has 0 saturated heterocycles. The second-order valence-corrected chi connectivity index (χ2v) is 11.1. The average Bonchev–Trinajstić information content (AvgIpc) is 3.61. The van der Waals surface area contributed by atoms with Crippen LogP contribution < -0.4 is 0 Å². The van der Waals surface area contributed by atoms with Crippen LogP contribution in [0.25, 0.3) is 75.8 Å². The van der Waals surface area contributed by atoms with E-state index in [2.05, 4.69) is 133 Å². The minimum atomic E-state index is 0.919. The number of hydrogen-bond donors (Lipinski definition) is 0. The lowest BCUT2D eigenvalue weighted by molar-refractivity contribution is 0.669. The highest BCUT2D eigenvalue weighted by Crippen LogP contribution is 2.48. The maximum atomic E-state index is 6.24. The standard InChI is InChI=1S/C38H24OS/c1-2-12-25(13-3-1)26-14-10-15-27(24-26)37-31-18-6-7-19-32(31)38(40-37)30-17-5-4-16-28(30)29-21-11-23-35-36(29)33-20-8-9-22-34(33)39-35/h1-24H. The fraction of sp³-hybridized carbons (Fsp3) is 0. The molecule has 8 rings (SSSR count). The molecule has 0 bridgehead atoms. The lowest BCUT2D eigenvalue weighted by Gasteiger charge is -2.10. The third kappa shape index (κ3) is 3.69. The van der Waals surface area contributed by atoms with Crippen molar-refractivity contribution in [1.82, 2.24) is 0 Å². The number of fused-ring (bicyclic) bond motifs is 4. The molecule has 6 aromatic carbocycles. The van der Waals surface area contributed by atoms with Crippen LogP contribution in [0.5, 0.6) is 0 Å². The molecular weight excluding hydrogens is 504 g/mol. The van der Waals surface area contributed by atoms with Crippen LogP contribution in [0, 0.1) is 0 Å². The van der Waals surface area contributed by atoms with Crippen LogP contribution >= 0.6 is 11.3 Å². The van der Waals surface area contributed by atoms with Gasteiger partial charge in [-0.15, -0.1) is 11.3 Å². The monoisotopic (exact) mass is 528 g/mol. The quantitative estimate of drug-likeness (QED) is 0.221. The van der Waals surface area contributed by atoms with Gasteiger partial charge in [-0.25, -0.2) is 0 Å². The van der Waals surface area contributed by atoms with E-state index in [0.717, 1.165) is 16.6 Å². The molecule has 0 fully saturated rings. The molecule has 0 radical (unpaired) electrons. The summed E-state index contributed by atoms with van der Waals surface area (Å²) >= 11 is 1.88. The van der Waals surface area contributed by atoms with Gasteiger partial charge in [-0.1, -0.05) is 127 Å². The van der Waals surface area contributed by atoms with Crippen molar-refractivity contribution in [3.05, 3.63) is 146 Å². The molecule has 0 aliphatic heterocycles. The van der Waals surface area contributed by atoms with E-state index in [4.69, 9.17) is 4.42 Å². The first-order valence-electron chi connectivity index (χ1n) is 13.5. The number of rotatable bonds is 4. The molecule has 2 heteroatoms. The van der Waals surface area contributed by atoms with E-state index in [9.17, 15) is 0 Å². The highest BCUT2D eigenvalue weighted by Gasteiger charge is 2.19. The zero-order valence-corrected chi connectivity index (χ0v) is 22.5. The minimum absolute atomic E-state index is 0.919. The van der Waals surface area contributed by atoms with Crippen molar-refractivity contribution in [2.45, 2.75) is 0 Å². The predicted octanol–water partition coefficient (Wildman–Crippen LogP) is 11.5. The van der Waals surface area contributed by atoms with E-state index in [1.54, 1.807) is 0 Å². The molecule has 2 heterocycles. The summed E-state index contributed by atoms with van der Waals surface area (Å²) in [5.41, 5.74) is 9.21. The summed E-state index contributed by atoms with van der Waals surface area (Å²) in [4.78, 5) is 2.58. The largest absolute Gasteiger partial charge is 0.456 e. The Morgan fingerprint density at radius 1 is 0.375 bits per heavy atom. The molecule has 188 valence electrons. The molecule has 0 unspecified atom stereocenters. The van der Waals surface area contributed by atoms with Crippen LogP contribution in [0.1, 0.15) is 0 Å². The summed E-state index contributed by atoms with van der Waals surface area (Å²) in [6, 6.07) is 51.9. The van der Waals surface area contributed by atoms with Gasteiger partial charge in [0.25, 0.3) is 0 Å². The second-order valence-electron chi connectivity index (χ2n) is 10.1. The molecule has 0 atom stereocenters. The lowest BCUT2D eigenvalue weighted by Crippen LogP contribution is -1.84. The van der Waals surface area contributed by atoms with E-state index in [0.29, 0.717) is 0 Å². The van der Waals surface area contributed by atoms with Crippen molar-refractivity contribution in [2.24, 2.45) is 0 Å². The Kier molecular flexibility index (Phi) is 5.39. The third-order valence-electron chi connectivity index (χ3n) is 7.72. The summed E-state index contributed by atoms with van der Waals surface area (Å²) in [5.74, 6) is 0. The van der Waals surface area contributed by atoms with Crippen LogP contribution in [0.2, 0.25) is 0 Å². The Hall–Kier alpha value is -4.92. The van der Waals surface area contributed by atoms with Gasteiger partial charge < -0.3 is 4.42 Å². The summed E-state index contributed by atoms with van der Waals surface area (Å²) in [7, 11) is 0. The Labute approximate surface area is 236 Å². The molecule has 2 aromatic heterocycles. The van der Waals surface area contributed by atoms with Crippen molar-refractivity contribution in [3.63, 3.8) is 0 Å². The van der Waals surface area contributed by atoms with Crippen molar-refractivity contribution < 1.29 is 4.42 Å². The van der Waals surface area contributed by atoms with Gasteiger partial charge in [-0.3, -0.25) is 0 Å². The Morgan fingerprint density at radius 2 is 0.950 bits per heavy atom. The van der Waals surface area contributed by atoms with E-state index < -0.39 is 0 Å². The summed E-state index contributed by atoms with van der Waals surface area (Å²) in [6.45, 7) is 0. The number of hydrogen-bond acceptors (Lipinski definition) is 2. The van der Waals surface area contributed by atoms with Gasteiger partial charge in [0.2, 0.25) is 0 Å². The predicted molar refractivity (Wildman–Crippen MR) is 171 cm³/mol. The van der Waals surface area contributed by atoms with Crippen LogP contribution in [0.3, 0.4) is 0 Å². The smallest absolute Gasteiger partial charge is 0.136 e. The van der Waals surface area contributed by atoms with Crippen LogP contribution in [-0.2, 0) is 0 Å². The van der Waals surface area contributed by atoms with E-state index >= 15 is 0 Å². The zero-order valence-electron chi connectivity index (χ0n) is 21.7. The van der Waals surface area contributed by atoms with Gasteiger partial charge >= 0.3 is 0 Å². The van der Waals surface area contributed by atoms with Gasteiger partial charge in [0.1, 0.15) is 11.2 Å². The van der Waals surface area contributed by atoms with Crippen molar-refractivity contribution in [3.8, 4) is 43.1 Å². The average molecular weight is 529 g/mol. The maximum Gasteiger partial charge on any atom is 0.136 e. The van der Waals surface area contributed by atoms with Gasteiger partial charge in [0.15, 0.2) is 0 Å². The molecule has 8 aromatic rings. The highest BCUT2D eigenvalue weighted by atomic mass is 32.1. The van der Waals surface area contributed by atoms with Gasteiger partial charge in [0.05, 0.1) is 0 Å². The maximum absolute atomic E-state index is 6.24. The van der Waals surface area contributed by atoms with E-state index in [1.165, 1.54) is 59.3 Å². The van der Waals surface area contributed by atoms with E-state index in [-0.39, 0.29) is 0 Å². The molecule has 0 spiro atoms. The minimum Gasteiger partial charge on any atom is -0.456 e. The number of benzene rings is 6. The third-order valence-corrected chi connectivity index (χ3v) is 9.02. The SMILES string of the molecule is c1ccc(-c2cccc(-c3sc(-c4ccccc4-c4cccc5oc6ccccc6c45)c4ccccc34)c2)cc1. The van der Waals surface area contributed by atoms with E-state index in [1.807, 2.05) is 23.5 Å². The van der Waals surface area contributed by atoms with Crippen LogP contribution in [0.4, 0.5) is 0 Å². The molecule has 40 heavy (non-hydrogen) atoms. The Bertz CT molecular complexity index is 2160. The van der Waals surface area contributed by atoms with Crippen molar-refractivity contribution in [1.29, 1.82) is 0 Å². The molecule has 0 N–H and O–H groups in total. The van der Waals surface area contributed by atoms with Gasteiger partial charge in [-0.05, 0) is 46.0 Å². The Morgan fingerprint density at radius 3 is 1.80 bits per heavy atom. The highest BCUT2D eigenvalue weighted by molar-refractivity contribution is 7.21. The molecule has 0 aliphatic rings. The number of thiophene rings is 1. The first-order valence-corrected chi connectivity index (χ1v) is 14.3. The molecular formula is C38H24OS. The topological polar surface area (TPSA) is 13.1 Å². The normalized spacial score (nSPS) is 11.5. The first-order chi connectivity index (χ1) is 19.8. The molecule has 0 amide bonds. The zero-order chi connectivity index (χ0) is 26.5. The summed E-state index contributed by atoms with van der Waals surface area (Å²) < 4.78 is 6.24. The number of furan rings is 1. The fourth-order valence-electron chi connectivity index (χ4n) is 5.89. The lowest BCUT2D eigenvalue weighted by atomic mass is 9.93.